The number of thiophene rings is 1. The summed E-state index contributed by atoms with van der Waals surface area (Å²) in [5.41, 5.74) is 0.646. The first-order valence-corrected chi connectivity index (χ1v) is 10.8. The fourth-order valence-electron chi connectivity index (χ4n) is 3.79. The van der Waals surface area contributed by atoms with Crippen LogP contribution in [-0.4, -0.2) is 35.5 Å². The summed E-state index contributed by atoms with van der Waals surface area (Å²) in [4.78, 5) is 30.8. The van der Waals surface area contributed by atoms with Gasteiger partial charge in [-0.1, -0.05) is 72.3 Å². The van der Waals surface area contributed by atoms with Gasteiger partial charge >= 0.3 is 6.03 Å². The zero-order chi connectivity index (χ0) is 21.1. The van der Waals surface area contributed by atoms with E-state index in [2.05, 4.69) is 5.32 Å². The number of hydrogen-bond donors (Lipinski definition) is 1. The van der Waals surface area contributed by atoms with E-state index in [1.54, 1.807) is 0 Å². The van der Waals surface area contributed by atoms with Crippen LogP contribution >= 0.6 is 22.9 Å². The lowest BCUT2D eigenvalue weighted by Gasteiger charge is -2.28. The molecular weight excluding hydrogens is 418 g/mol. The molecular formula is C23H22ClN3O2S. The second-order valence-electron chi connectivity index (χ2n) is 7.46. The molecule has 1 aliphatic rings. The van der Waals surface area contributed by atoms with E-state index in [0.717, 1.165) is 20.3 Å². The second-order valence-corrected chi connectivity index (χ2v) is 9.26. The highest BCUT2D eigenvalue weighted by Crippen LogP contribution is 2.33. The number of nitrogens with one attached hydrogen (secondary N) is 1. The number of urea groups is 1. The van der Waals surface area contributed by atoms with Gasteiger partial charge in [0, 0.05) is 17.8 Å². The van der Waals surface area contributed by atoms with Gasteiger partial charge in [0.2, 0.25) is 0 Å². The van der Waals surface area contributed by atoms with Crippen LogP contribution in [0.4, 0.5) is 4.79 Å². The van der Waals surface area contributed by atoms with Gasteiger partial charge in [0.05, 0.1) is 11.0 Å². The molecule has 0 spiro atoms. The number of amides is 3. The number of carbonyl (C=O) groups excluding carboxylic acids is 2. The van der Waals surface area contributed by atoms with E-state index in [1.807, 2.05) is 84.7 Å². The van der Waals surface area contributed by atoms with Crippen LogP contribution in [0.2, 0.25) is 4.34 Å². The number of nitrogens with zero attached hydrogens (tertiary/aromatic N) is 2. The Labute approximate surface area is 184 Å². The maximum Gasteiger partial charge on any atom is 0.326 e. The van der Waals surface area contributed by atoms with Crippen LogP contribution in [0.25, 0.3) is 0 Å². The highest BCUT2D eigenvalue weighted by molar-refractivity contribution is 7.16. The van der Waals surface area contributed by atoms with E-state index in [0.29, 0.717) is 13.0 Å². The van der Waals surface area contributed by atoms with Gasteiger partial charge in [0.15, 0.2) is 5.54 Å². The van der Waals surface area contributed by atoms with Gasteiger partial charge in [-0.05, 0) is 30.3 Å². The third-order valence-electron chi connectivity index (χ3n) is 5.19. The Morgan fingerprint density at radius 1 is 1.00 bits per heavy atom. The van der Waals surface area contributed by atoms with Crippen molar-refractivity contribution in [1.82, 2.24) is 15.1 Å². The van der Waals surface area contributed by atoms with Crippen LogP contribution in [0.5, 0.6) is 0 Å². The predicted molar refractivity (Wildman–Crippen MR) is 119 cm³/mol. The average molecular weight is 440 g/mol. The molecule has 3 amide bonds. The second kappa shape index (κ2) is 8.60. The first kappa shape index (κ1) is 20.6. The molecule has 5 nitrogen and oxygen atoms in total. The molecule has 0 radical (unpaired) electrons. The van der Waals surface area contributed by atoms with Crippen LogP contribution in [0.15, 0.2) is 72.8 Å². The lowest BCUT2D eigenvalue weighted by molar-refractivity contribution is -0.133. The van der Waals surface area contributed by atoms with Gasteiger partial charge in [-0.3, -0.25) is 9.69 Å². The third-order valence-corrected chi connectivity index (χ3v) is 6.41. The summed E-state index contributed by atoms with van der Waals surface area (Å²) in [6, 6.07) is 22.6. The van der Waals surface area contributed by atoms with Crippen molar-refractivity contribution in [3.05, 3.63) is 93.1 Å². The Morgan fingerprint density at radius 2 is 1.67 bits per heavy atom. The average Bonchev–Trinajstić information content (AvgIpc) is 3.25. The Kier molecular flexibility index (Phi) is 5.90. The number of hydrogen-bond acceptors (Lipinski definition) is 4. The van der Waals surface area contributed by atoms with Crippen LogP contribution in [0, 0.1) is 0 Å². The summed E-state index contributed by atoms with van der Waals surface area (Å²) in [7, 11) is 1.88. The Morgan fingerprint density at radius 3 is 2.30 bits per heavy atom. The summed E-state index contributed by atoms with van der Waals surface area (Å²) >= 11 is 7.51. The largest absolute Gasteiger partial charge is 0.326 e. The number of carbonyl (C=O) groups is 2. The topological polar surface area (TPSA) is 52.6 Å². The summed E-state index contributed by atoms with van der Waals surface area (Å²) in [5.74, 6) is -0.237. The van der Waals surface area contributed by atoms with Gasteiger partial charge in [-0.25, -0.2) is 9.69 Å². The first-order valence-electron chi connectivity index (χ1n) is 9.64. The predicted octanol–water partition coefficient (Wildman–Crippen LogP) is 4.48. The lowest BCUT2D eigenvalue weighted by Crippen LogP contribution is -2.46. The molecule has 7 heteroatoms. The zero-order valence-electron chi connectivity index (χ0n) is 16.5. The SMILES string of the molecule is CN(Cc1ccc(Cl)s1)CN1C(=O)N[C@@](Cc2ccccc2)(c2ccccc2)C1=O. The zero-order valence-corrected chi connectivity index (χ0v) is 18.1. The molecule has 0 bridgehead atoms. The van der Waals surface area contributed by atoms with Crippen LogP contribution in [0.3, 0.4) is 0 Å². The minimum atomic E-state index is -1.12. The molecule has 1 N–H and O–H groups in total. The smallest absolute Gasteiger partial charge is 0.319 e. The molecule has 1 fully saturated rings. The molecule has 1 saturated heterocycles. The standard InChI is InChI=1S/C23H22ClN3O2S/c1-26(15-19-12-13-20(24)30-19)16-27-21(28)23(25-22(27)29,18-10-6-3-7-11-18)14-17-8-4-2-5-9-17/h2-13H,14-16H2,1H3,(H,25,29)/t23-/m0/s1. The van der Waals surface area contributed by atoms with E-state index in [9.17, 15) is 9.59 Å². The van der Waals surface area contributed by atoms with Crippen molar-refractivity contribution in [2.45, 2.75) is 18.5 Å². The normalized spacial score (nSPS) is 18.8. The summed E-state index contributed by atoms with van der Waals surface area (Å²) in [5, 5.41) is 3.00. The van der Waals surface area contributed by atoms with Crippen LogP contribution < -0.4 is 5.32 Å². The molecule has 0 unspecified atom stereocenters. The molecule has 1 aromatic heterocycles. The summed E-state index contributed by atoms with van der Waals surface area (Å²) in [6.07, 6.45) is 0.392. The van der Waals surface area contributed by atoms with Crippen LogP contribution in [-0.2, 0) is 23.3 Å². The maximum atomic E-state index is 13.6. The van der Waals surface area contributed by atoms with Crippen molar-refractivity contribution >= 4 is 34.9 Å². The molecule has 0 saturated carbocycles. The Balaban J connectivity index is 1.60. The van der Waals surface area contributed by atoms with Crippen molar-refractivity contribution < 1.29 is 9.59 Å². The van der Waals surface area contributed by atoms with Gasteiger partial charge < -0.3 is 5.32 Å². The van der Waals surface area contributed by atoms with Gasteiger partial charge in [0.1, 0.15) is 0 Å². The molecule has 154 valence electrons. The van der Waals surface area contributed by atoms with Crippen molar-refractivity contribution in [2.24, 2.45) is 0 Å². The highest BCUT2D eigenvalue weighted by atomic mass is 35.5. The van der Waals surface area contributed by atoms with Crippen molar-refractivity contribution in [3.8, 4) is 0 Å². The Hall–Kier alpha value is -2.67. The van der Waals surface area contributed by atoms with E-state index in [-0.39, 0.29) is 18.6 Å². The van der Waals surface area contributed by atoms with E-state index in [4.69, 9.17) is 11.6 Å². The minimum absolute atomic E-state index is 0.198. The fraction of sp³-hybridized carbons (Fsp3) is 0.217. The lowest BCUT2D eigenvalue weighted by atomic mass is 9.83. The molecule has 0 aliphatic carbocycles. The molecule has 1 atom stereocenters. The van der Waals surface area contributed by atoms with E-state index >= 15 is 0 Å². The van der Waals surface area contributed by atoms with Gasteiger partial charge in [0.25, 0.3) is 5.91 Å². The summed E-state index contributed by atoms with van der Waals surface area (Å²) in [6.45, 7) is 0.801. The van der Waals surface area contributed by atoms with Crippen molar-refractivity contribution in [2.75, 3.05) is 13.7 Å². The molecule has 30 heavy (non-hydrogen) atoms. The highest BCUT2D eigenvalue weighted by Gasteiger charge is 2.52. The van der Waals surface area contributed by atoms with E-state index in [1.165, 1.54) is 16.2 Å². The Bertz CT molecular complexity index is 1040. The van der Waals surface area contributed by atoms with Crippen molar-refractivity contribution in [1.29, 1.82) is 0 Å². The number of halogens is 1. The molecule has 2 aromatic carbocycles. The molecule has 2 heterocycles. The fourth-order valence-corrected chi connectivity index (χ4v) is 4.96. The van der Waals surface area contributed by atoms with Crippen molar-refractivity contribution in [3.63, 3.8) is 0 Å². The quantitative estimate of drug-likeness (QED) is 0.552. The molecule has 1 aliphatic heterocycles. The minimum Gasteiger partial charge on any atom is -0.319 e. The van der Waals surface area contributed by atoms with Gasteiger partial charge in [-0.15, -0.1) is 11.3 Å². The van der Waals surface area contributed by atoms with Crippen LogP contribution in [0.1, 0.15) is 16.0 Å². The third kappa shape index (κ3) is 4.12. The number of rotatable bonds is 7. The summed E-state index contributed by atoms with van der Waals surface area (Å²) < 4.78 is 0.722. The first-order chi connectivity index (χ1) is 14.5. The molecule has 3 aromatic rings. The molecule has 4 rings (SSSR count). The monoisotopic (exact) mass is 439 g/mol. The number of imide groups is 1. The number of benzene rings is 2. The maximum absolute atomic E-state index is 13.6. The van der Waals surface area contributed by atoms with E-state index < -0.39 is 5.54 Å². The van der Waals surface area contributed by atoms with Gasteiger partial charge in [-0.2, -0.15) is 0 Å².